The number of hydrogen-bond acceptors (Lipinski definition) is 4. The fourth-order valence-corrected chi connectivity index (χ4v) is 4.07. The van der Waals surface area contributed by atoms with Gasteiger partial charge in [0.25, 0.3) is 0 Å². The second-order valence-electron chi connectivity index (χ2n) is 7.63. The van der Waals surface area contributed by atoms with Crippen LogP contribution < -0.4 is 19.7 Å². The highest BCUT2D eigenvalue weighted by atomic mass is 16.5. The van der Waals surface area contributed by atoms with Crippen LogP contribution in [0.15, 0.2) is 60.7 Å². The van der Waals surface area contributed by atoms with Gasteiger partial charge in [-0.15, -0.1) is 0 Å². The van der Waals surface area contributed by atoms with E-state index in [2.05, 4.69) is 5.32 Å². The molecular weight excluding hydrogens is 392 g/mol. The van der Waals surface area contributed by atoms with E-state index in [9.17, 15) is 9.59 Å². The molecule has 1 unspecified atom stereocenters. The molecule has 1 saturated heterocycles. The maximum atomic E-state index is 12.7. The average molecular weight is 418 g/mol. The van der Waals surface area contributed by atoms with Gasteiger partial charge < -0.3 is 19.7 Å². The van der Waals surface area contributed by atoms with Crippen molar-refractivity contribution >= 4 is 28.3 Å². The summed E-state index contributed by atoms with van der Waals surface area (Å²) in [6, 6.07) is 19.6. The minimum absolute atomic E-state index is 0.0172. The van der Waals surface area contributed by atoms with Crippen molar-refractivity contribution in [2.24, 2.45) is 5.92 Å². The minimum Gasteiger partial charge on any atom is -0.493 e. The van der Waals surface area contributed by atoms with Gasteiger partial charge >= 0.3 is 0 Å². The zero-order chi connectivity index (χ0) is 21.8. The smallest absolute Gasteiger partial charge is 0.227 e. The molecule has 1 N–H and O–H groups in total. The molecule has 0 bridgehead atoms. The summed E-state index contributed by atoms with van der Waals surface area (Å²) >= 11 is 0. The second-order valence-corrected chi connectivity index (χ2v) is 7.63. The van der Waals surface area contributed by atoms with Crippen LogP contribution in [0.5, 0.6) is 11.5 Å². The Morgan fingerprint density at radius 2 is 1.81 bits per heavy atom. The van der Waals surface area contributed by atoms with E-state index in [0.29, 0.717) is 31.0 Å². The zero-order valence-corrected chi connectivity index (χ0v) is 17.8. The largest absolute Gasteiger partial charge is 0.493 e. The first-order valence-electron chi connectivity index (χ1n) is 10.4. The number of ether oxygens (including phenoxy) is 2. The van der Waals surface area contributed by atoms with Crippen LogP contribution in [0.3, 0.4) is 0 Å². The van der Waals surface area contributed by atoms with Gasteiger partial charge in [0.1, 0.15) is 0 Å². The quantitative estimate of drug-likeness (QED) is 0.637. The summed E-state index contributed by atoms with van der Waals surface area (Å²) in [5, 5.41) is 5.08. The molecule has 3 aromatic carbocycles. The SMILES string of the molecule is COc1ccc(CCNC(=O)C2CC(=O)N(c3cccc4ccccc34)C2)cc1OC. The van der Waals surface area contributed by atoms with Gasteiger partial charge in [0.2, 0.25) is 11.8 Å². The summed E-state index contributed by atoms with van der Waals surface area (Å²) in [5.41, 5.74) is 1.90. The Balaban J connectivity index is 1.37. The number of benzene rings is 3. The van der Waals surface area contributed by atoms with Crippen LogP contribution >= 0.6 is 0 Å². The summed E-state index contributed by atoms with van der Waals surface area (Å²) < 4.78 is 10.6. The molecular formula is C25H26N2O4. The highest BCUT2D eigenvalue weighted by molar-refractivity contribution is 6.06. The molecule has 0 radical (unpaired) electrons. The summed E-state index contributed by atoms with van der Waals surface area (Å²) in [6.07, 6.45) is 0.894. The minimum atomic E-state index is -0.350. The van der Waals surface area contributed by atoms with Gasteiger partial charge in [-0.05, 0) is 35.6 Å². The highest BCUT2D eigenvalue weighted by Gasteiger charge is 2.35. The van der Waals surface area contributed by atoms with Crippen LogP contribution in [0.2, 0.25) is 0 Å². The zero-order valence-electron chi connectivity index (χ0n) is 17.8. The first-order chi connectivity index (χ1) is 15.1. The third-order valence-corrected chi connectivity index (χ3v) is 5.71. The molecule has 6 nitrogen and oxygen atoms in total. The summed E-state index contributed by atoms with van der Waals surface area (Å²) in [4.78, 5) is 27.1. The number of nitrogens with one attached hydrogen (secondary N) is 1. The molecule has 4 rings (SSSR count). The van der Waals surface area contributed by atoms with E-state index in [1.807, 2.05) is 60.7 Å². The van der Waals surface area contributed by atoms with Gasteiger partial charge in [0.05, 0.1) is 25.8 Å². The van der Waals surface area contributed by atoms with Crippen LogP contribution in [-0.4, -0.2) is 39.1 Å². The fraction of sp³-hybridized carbons (Fsp3) is 0.280. The maximum absolute atomic E-state index is 12.7. The molecule has 6 heteroatoms. The molecule has 1 heterocycles. The second kappa shape index (κ2) is 9.08. The summed E-state index contributed by atoms with van der Waals surface area (Å²) in [6.45, 7) is 0.891. The monoisotopic (exact) mass is 418 g/mol. The first kappa shape index (κ1) is 20.7. The molecule has 1 aliphatic rings. The third-order valence-electron chi connectivity index (χ3n) is 5.71. The molecule has 0 saturated carbocycles. The number of carbonyl (C=O) groups excluding carboxylic acids is 2. The molecule has 0 spiro atoms. The van der Waals surface area contributed by atoms with Crippen molar-refractivity contribution in [3.8, 4) is 11.5 Å². The molecule has 31 heavy (non-hydrogen) atoms. The van der Waals surface area contributed by atoms with Gasteiger partial charge in [-0.1, -0.05) is 42.5 Å². The summed E-state index contributed by atoms with van der Waals surface area (Å²) in [5.74, 6) is 0.886. The van der Waals surface area contributed by atoms with Gasteiger partial charge in [-0.3, -0.25) is 9.59 Å². The fourth-order valence-electron chi connectivity index (χ4n) is 4.07. The van der Waals surface area contributed by atoms with E-state index >= 15 is 0 Å². The standard InChI is InChI=1S/C25H26N2O4/c1-30-22-11-10-17(14-23(22)31-2)12-13-26-25(29)19-15-24(28)27(16-19)21-9-5-7-18-6-3-4-8-20(18)21/h3-11,14,19H,12-13,15-16H2,1-2H3,(H,26,29). The molecule has 1 atom stereocenters. The van der Waals surface area contributed by atoms with Crippen molar-refractivity contribution in [3.63, 3.8) is 0 Å². The topological polar surface area (TPSA) is 67.9 Å². The lowest BCUT2D eigenvalue weighted by atomic mass is 10.1. The van der Waals surface area contributed by atoms with Crippen LogP contribution in [0, 0.1) is 5.92 Å². The van der Waals surface area contributed by atoms with Crippen molar-refractivity contribution in [1.82, 2.24) is 5.32 Å². The van der Waals surface area contributed by atoms with E-state index in [-0.39, 0.29) is 24.2 Å². The van der Waals surface area contributed by atoms with E-state index in [1.54, 1.807) is 19.1 Å². The van der Waals surface area contributed by atoms with Gasteiger partial charge in [-0.2, -0.15) is 0 Å². The van der Waals surface area contributed by atoms with Gasteiger partial charge in [-0.25, -0.2) is 0 Å². The van der Waals surface area contributed by atoms with Crippen molar-refractivity contribution in [2.45, 2.75) is 12.8 Å². The molecule has 0 aliphatic carbocycles. The Kier molecular flexibility index (Phi) is 6.07. The number of anilines is 1. The van der Waals surface area contributed by atoms with Crippen molar-refractivity contribution in [2.75, 3.05) is 32.2 Å². The number of hydrogen-bond donors (Lipinski definition) is 1. The molecule has 160 valence electrons. The van der Waals surface area contributed by atoms with Crippen LogP contribution in [-0.2, 0) is 16.0 Å². The molecule has 2 amide bonds. The third kappa shape index (κ3) is 4.33. The lowest BCUT2D eigenvalue weighted by Crippen LogP contribution is -2.34. The predicted octanol–water partition coefficient (Wildman–Crippen LogP) is 3.57. The molecule has 0 aromatic heterocycles. The van der Waals surface area contributed by atoms with Crippen molar-refractivity contribution < 1.29 is 19.1 Å². The molecule has 1 aliphatic heterocycles. The first-order valence-corrected chi connectivity index (χ1v) is 10.4. The van der Waals surface area contributed by atoms with Crippen LogP contribution in [0.25, 0.3) is 10.8 Å². The molecule has 1 fully saturated rings. The lowest BCUT2D eigenvalue weighted by molar-refractivity contribution is -0.126. The highest BCUT2D eigenvalue weighted by Crippen LogP contribution is 2.32. The number of fused-ring (bicyclic) bond motifs is 1. The Morgan fingerprint density at radius 1 is 1.03 bits per heavy atom. The number of methoxy groups -OCH3 is 2. The van der Waals surface area contributed by atoms with Crippen LogP contribution in [0.4, 0.5) is 5.69 Å². The molecule has 3 aromatic rings. The number of nitrogens with zero attached hydrogens (tertiary/aromatic N) is 1. The number of carbonyl (C=O) groups is 2. The van der Waals surface area contributed by atoms with Crippen molar-refractivity contribution in [1.29, 1.82) is 0 Å². The Bertz CT molecular complexity index is 1110. The van der Waals surface area contributed by atoms with E-state index < -0.39 is 0 Å². The predicted molar refractivity (Wildman–Crippen MR) is 121 cm³/mol. The van der Waals surface area contributed by atoms with Crippen LogP contribution in [0.1, 0.15) is 12.0 Å². The normalized spacial score (nSPS) is 15.9. The van der Waals surface area contributed by atoms with Crippen molar-refractivity contribution in [3.05, 3.63) is 66.2 Å². The van der Waals surface area contributed by atoms with Gasteiger partial charge in [0.15, 0.2) is 11.5 Å². The van der Waals surface area contributed by atoms with Gasteiger partial charge in [0, 0.05) is 24.9 Å². The number of rotatable bonds is 7. The number of amides is 2. The van der Waals surface area contributed by atoms with E-state index in [0.717, 1.165) is 22.0 Å². The Labute approximate surface area is 181 Å². The average Bonchev–Trinajstić information content (AvgIpc) is 3.20. The Morgan fingerprint density at radius 3 is 2.61 bits per heavy atom. The van der Waals surface area contributed by atoms with E-state index in [1.165, 1.54) is 0 Å². The maximum Gasteiger partial charge on any atom is 0.227 e. The Hall–Kier alpha value is -3.54. The lowest BCUT2D eigenvalue weighted by Gasteiger charge is -2.19. The summed E-state index contributed by atoms with van der Waals surface area (Å²) in [7, 11) is 3.20. The van der Waals surface area contributed by atoms with E-state index in [4.69, 9.17) is 9.47 Å².